The van der Waals surface area contributed by atoms with Gasteiger partial charge in [0, 0.05) is 29.2 Å². The number of carbonyl (C=O) groups excluding carboxylic acids is 3. The number of aryl methyl sites for hydroxylation is 1. The smallest absolute Gasteiger partial charge is 0.280 e. The molecule has 2 heterocycles. The minimum atomic E-state index is -0.929. The van der Waals surface area contributed by atoms with Gasteiger partial charge in [-0.3, -0.25) is 14.4 Å². The molecule has 3 rings (SSSR count). The molecule has 1 aliphatic rings. The molecular formula is C19H20ClN3O5S. The lowest BCUT2D eigenvalue weighted by Gasteiger charge is -2.24. The van der Waals surface area contributed by atoms with Crippen LogP contribution < -0.4 is 15.4 Å². The van der Waals surface area contributed by atoms with Crippen molar-refractivity contribution in [2.45, 2.75) is 32.0 Å². The van der Waals surface area contributed by atoms with E-state index in [0.29, 0.717) is 21.3 Å². The van der Waals surface area contributed by atoms with Crippen LogP contribution in [0.15, 0.2) is 23.6 Å². The van der Waals surface area contributed by atoms with E-state index in [2.05, 4.69) is 15.6 Å². The summed E-state index contributed by atoms with van der Waals surface area (Å²) in [5.74, 6) is -0.674. The number of aliphatic hydroxyl groups excluding tert-OH is 1. The van der Waals surface area contributed by atoms with Crippen molar-refractivity contribution in [3.63, 3.8) is 0 Å². The van der Waals surface area contributed by atoms with Gasteiger partial charge in [-0.25, -0.2) is 4.98 Å². The van der Waals surface area contributed by atoms with Crippen molar-refractivity contribution in [2.24, 2.45) is 0 Å². The van der Waals surface area contributed by atoms with Crippen LogP contribution in [0, 0.1) is 6.92 Å². The normalized spacial score (nSPS) is 16.5. The van der Waals surface area contributed by atoms with Gasteiger partial charge in [0.15, 0.2) is 16.9 Å². The number of aliphatic hydroxyl groups is 1. The highest BCUT2D eigenvalue weighted by molar-refractivity contribution is 7.11. The molecule has 29 heavy (non-hydrogen) atoms. The van der Waals surface area contributed by atoms with E-state index in [4.69, 9.17) is 16.3 Å². The molecule has 10 heteroatoms. The zero-order valence-electron chi connectivity index (χ0n) is 15.6. The minimum Gasteiger partial charge on any atom is -0.479 e. The molecule has 1 aromatic carbocycles. The zero-order valence-corrected chi connectivity index (χ0v) is 17.2. The van der Waals surface area contributed by atoms with E-state index in [1.54, 1.807) is 24.4 Å². The second kappa shape index (κ2) is 9.34. The van der Waals surface area contributed by atoms with E-state index in [1.165, 1.54) is 17.4 Å². The Labute approximate surface area is 176 Å². The number of aromatic nitrogens is 1. The Kier molecular flexibility index (Phi) is 6.83. The molecule has 1 aliphatic heterocycles. The Morgan fingerprint density at radius 3 is 2.93 bits per heavy atom. The van der Waals surface area contributed by atoms with E-state index in [1.807, 2.05) is 0 Å². The number of ether oxygens (including phenoxy) is 1. The number of thiazole rings is 1. The van der Waals surface area contributed by atoms with Gasteiger partial charge in [0.25, 0.3) is 11.8 Å². The lowest BCUT2D eigenvalue weighted by atomic mass is 10.0. The fourth-order valence-electron chi connectivity index (χ4n) is 2.76. The van der Waals surface area contributed by atoms with Gasteiger partial charge < -0.3 is 20.5 Å². The van der Waals surface area contributed by atoms with Crippen LogP contribution in [0.1, 0.15) is 38.7 Å². The highest BCUT2D eigenvalue weighted by Gasteiger charge is 2.31. The summed E-state index contributed by atoms with van der Waals surface area (Å²) < 4.78 is 5.59. The molecule has 0 fully saturated rings. The van der Waals surface area contributed by atoms with Crippen molar-refractivity contribution >= 4 is 40.5 Å². The number of halogens is 1. The molecule has 0 saturated carbocycles. The summed E-state index contributed by atoms with van der Waals surface area (Å²) in [6.45, 7) is 2.01. The van der Waals surface area contributed by atoms with Crippen molar-refractivity contribution in [3.05, 3.63) is 44.9 Å². The number of nitrogens with one attached hydrogen (secondary N) is 2. The third-order valence-corrected chi connectivity index (χ3v) is 5.46. The van der Waals surface area contributed by atoms with Gasteiger partial charge in [-0.05, 0) is 31.5 Å². The van der Waals surface area contributed by atoms with Gasteiger partial charge >= 0.3 is 0 Å². The molecule has 1 aromatic heterocycles. The van der Waals surface area contributed by atoms with Gasteiger partial charge in [0.1, 0.15) is 5.75 Å². The predicted molar refractivity (Wildman–Crippen MR) is 108 cm³/mol. The van der Waals surface area contributed by atoms with Crippen molar-refractivity contribution < 1.29 is 24.2 Å². The highest BCUT2D eigenvalue weighted by atomic mass is 35.5. The Hall–Kier alpha value is -2.49. The van der Waals surface area contributed by atoms with Crippen molar-refractivity contribution in [1.82, 2.24) is 15.6 Å². The van der Waals surface area contributed by atoms with Crippen LogP contribution in [0.4, 0.5) is 0 Å². The average Bonchev–Trinajstić information content (AvgIpc) is 3.13. The third kappa shape index (κ3) is 5.53. The van der Waals surface area contributed by atoms with Crippen LogP contribution >= 0.6 is 22.9 Å². The number of fused-ring (bicyclic) bond motifs is 1. The molecule has 154 valence electrons. The number of nitrogens with zero attached hydrogens (tertiary/aromatic N) is 1. The first kappa shape index (κ1) is 21.2. The van der Waals surface area contributed by atoms with E-state index >= 15 is 0 Å². The highest BCUT2D eigenvalue weighted by Crippen LogP contribution is 2.30. The van der Waals surface area contributed by atoms with E-state index in [-0.39, 0.29) is 37.6 Å². The molecule has 0 bridgehead atoms. The maximum atomic E-state index is 12.3. The number of ketones is 1. The number of rotatable bonds is 7. The molecule has 2 amide bonds. The fourth-order valence-corrected chi connectivity index (χ4v) is 3.65. The molecule has 0 radical (unpaired) electrons. The maximum Gasteiger partial charge on any atom is 0.280 e. The largest absolute Gasteiger partial charge is 0.479 e. The summed E-state index contributed by atoms with van der Waals surface area (Å²) >= 11 is 7.11. The van der Waals surface area contributed by atoms with Crippen LogP contribution in [0.3, 0.4) is 0 Å². The van der Waals surface area contributed by atoms with Crippen LogP contribution in [-0.2, 0) is 4.79 Å². The molecule has 0 spiro atoms. The molecule has 2 atom stereocenters. The summed E-state index contributed by atoms with van der Waals surface area (Å²) in [7, 11) is 0. The predicted octanol–water partition coefficient (Wildman–Crippen LogP) is 1.74. The standard InChI is InChI=1S/C19H20ClN3O5S/c1-10-9-29-19(23-10)18(27)22-8-12(24)4-5-21-17(26)16-7-14(25)13-6-11(20)2-3-15(13)28-16/h2-3,6,9,12,16,24H,4-5,7-8H2,1H3,(H,21,26)(H,22,27)/t12-,16+/m0/s1. The van der Waals surface area contributed by atoms with Crippen LogP contribution in [-0.4, -0.2) is 53.0 Å². The lowest BCUT2D eigenvalue weighted by molar-refractivity contribution is -0.128. The molecule has 0 aliphatic carbocycles. The van der Waals surface area contributed by atoms with Crippen molar-refractivity contribution in [3.8, 4) is 5.75 Å². The summed E-state index contributed by atoms with van der Waals surface area (Å²) in [6, 6.07) is 4.67. The number of hydrogen-bond acceptors (Lipinski definition) is 7. The summed E-state index contributed by atoms with van der Waals surface area (Å²) in [5.41, 5.74) is 1.13. The van der Waals surface area contributed by atoms with Crippen LogP contribution in [0.2, 0.25) is 5.02 Å². The van der Waals surface area contributed by atoms with E-state index in [9.17, 15) is 19.5 Å². The Morgan fingerprint density at radius 1 is 1.41 bits per heavy atom. The molecule has 2 aromatic rings. The SMILES string of the molecule is Cc1csc(C(=O)NC[C@@H](O)CCNC(=O)[C@H]2CC(=O)c3cc(Cl)ccc3O2)n1. The van der Waals surface area contributed by atoms with Crippen molar-refractivity contribution in [2.75, 3.05) is 13.1 Å². The number of Topliss-reactive ketones (excluding diaryl/α,β-unsaturated/α-hetero) is 1. The summed E-state index contributed by atoms with van der Waals surface area (Å²) in [5, 5.41) is 17.8. The molecule has 0 unspecified atom stereocenters. The topological polar surface area (TPSA) is 118 Å². The van der Waals surface area contributed by atoms with Gasteiger partial charge in [-0.1, -0.05) is 11.6 Å². The van der Waals surface area contributed by atoms with Crippen LogP contribution in [0.5, 0.6) is 5.75 Å². The van der Waals surface area contributed by atoms with Gasteiger partial charge in [-0.2, -0.15) is 0 Å². The van der Waals surface area contributed by atoms with E-state index < -0.39 is 18.1 Å². The van der Waals surface area contributed by atoms with Gasteiger partial charge in [-0.15, -0.1) is 11.3 Å². The second-order valence-electron chi connectivity index (χ2n) is 6.61. The Balaban J connectivity index is 1.41. The zero-order chi connectivity index (χ0) is 21.0. The fraction of sp³-hybridized carbons (Fsp3) is 0.368. The minimum absolute atomic E-state index is 0.0415. The Morgan fingerprint density at radius 2 is 2.21 bits per heavy atom. The second-order valence-corrected chi connectivity index (χ2v) is 7.91. The molecule has 8 nitrogen and oxygen atoms in total. The van der Waals surface area contributed by atoms with Gasteiger partial charge in [0.05, 0.1) is 18.1 Å². The van der Waals surface area contributed by atoms with Gasteiger partial charge in [0.2, 0.25) is 0 Å². The first-order valence-electron chi connectivity index (χ1n) is 8.99. The number of benzene rings is 1. The van der Waals surface area contributed by atoms with Crippen molar-refractivity contribution in [1.29, 1.82) is 0 Å². The lowest BCUT2D eigenvalue weighted by Crippen LogP contribution is -2.43. The summed E-state index contributed by atoms with van der Waals surface area (Å²) in [6.07, 6.45) is -1.61. The Bertz CT molecular complexity index is 932. The molecule has 3 N–H and O–H groups in total. The number of hydrogen-bond donors (Lipinski definition) is 3. The molecular weight excluding hydrogens is 418 g/mol. The monoisotopic (exact) mass is 437 g/mol. The number of amides is 2. The van der Waals surface area contributed by atoms with Crippen LogP contribution in [0.25, 0.3) is 0 Å². The van der Waals surface area contributed by atoms with E-state index in [0.717, 1.165) is 5.69 Å². The first-order valence-corrected chi connectivity index (χ1v) is 10.2. The first-order chi connectivity index (χ1) is 13.8. The summed E-state index contributed by atoms with van der Waals surface area (Å²) in [4.78, 5) is 40.5. The average molecular weight is 438 g/mol. The number of carbonyl (C=O) groups is 3. The third-order valence-electron chi connectivity index (χ3n) is 4.26. The maximum absolute atomic E-state index is 12.3. The molecule has 0 saturated heterocycles. The quantitative estimate of drug-likeness (QED) is 0.607.